The van der Waals surface area contributed by atoms with E-state index < -0.39 is 5.60 Å². The van der Waals surface area contributed by atoms with Crippen molar-refractivity contribution in [3.63, 3.8) is 0 Å². The van der Waals surface area contributed by atoms with Crippen molar-refractivity contribution in [2.24, 2.45) is 7.05 Å². The molecule has 1 fully saturated rings. The highest BCUT2D eigenvalue weighted by Gasteiger charge is 2.35. The third-order valence-electron chi connectivity index (χ3n) is 2.44. The summed E-state index contributed by atoms with van der Waals surface area (Å²) in [5.41, 5.74) is 0.412. The summed E-state index contributed by atoms with van der Waals surface area (Å²) in [6.07, 6.45) is 5.46. The normalized spacial score (nSPS) is 20.5. The molecule has 4 heteroatoms. The van der Waals surface area contributed by atoms with Gasteiger partial charge in [-0.1, -0.05) is 5.21 Å². The number of hydrogen-bond acceptors (Lipinski definition) is 3. The van der Waals surface area contributed by atoms with Crippen LogP contribution >= 0.6 is 0 Å². The van der Waals surface area contributed by atoms with Gasteiger partial charge in [-0.2, -0.15) is 0 Å². The first kappa shape index (κ1) is 7.73. The first-order valence-corrected chi connectivity index (χ1v) is 4.26. The number of rotatable bonds is 2. The lowest BCUT2D eigenvalue weighted by molar-refractivity contribution is -0.0330. The number of aromatic nitrogens is 3. The third-order valence-corrected chi connectivity index (χ3v) is 2.44. The lowest BCUT2D eigenvalue weighted by atomic mass is 9.77. The van der Waals surface area contributed by atoms with Gasteiger partial charge in [0.2, 0.25) is 0 Å². The van der Waals surface area contributed by atoms with Crippen LogP contribution in [0.25, 0.3) is 0 Å². The van der Waals surface area contributed by atoms with E-state index in [1.165, 1.54) is 0 Å². The Morgan fingerprint density at radius 1 is 1.67 bits per heavy atom. The minimum absolute atomic E-state index is 0.476. The van der Waals surface area contributed by atoms with Crippen LogP contribution in [0.15, 0.2) is 6.20 Å². The topological polar surface area (TPSA) is 50.9 Å². The van der Waals surface area contributed by atoms with Gasteiger partial charge in [0, 0.05) is 19.7 Å². The third kappa shape index (κ3) is 1.34. The van der Waals surface area contributed by atoms with Crippen LogP contribution in [0.1, 0.15) is 25.0 Å². The van der Waals surface area contributed by atoms with Crippen molar-refractivity contribution >= 4 is 0 Å². The van der Waals surface area contributed by atoms with E-state index in [0.29, 0.717) is 6.42 Å². The van der Waals surface area contributed by atoms with Crippen molar-refractivity contribution in [1.82, 2.24) is 15.0 Å². The van der Waals surface area contributed by atoms with Crippen LogP contribution in [0.4, 0.5) is 0 Å². The first-order valence-electron chi connectivity index (χ1n) is 4.26. The lowest BCUT2D eigenvalue weighted by Crippen LogP contribution is -2.39. The van der Waals surface area contributed by atoms with Gasteiger partial charge < -0.3 is 5.11 Å². The summed E-state index contributed by atoms with van der Waals surface area (Å²) in [4.78, 5) is 0. The average molecular weight is 167 g/mol. The second kappa shape index (κ2) is 2.55. The van der Waals surface area contributed by atoms with Crippen LogP contribution in [0.2, 0.25) is 0 Å². The zero-order chi connectivity index (χ0) is 8.60. The fourth-order valence-corrected chi connectivity index (χ4v) is 1.58. The highest BCUT2D eigenvalue weighted by Crippen LogP contribution is 2.33. The molecule has 0 bridgehead atoms. The molecule has 1 saturated carbocycles. The molecule has 1 aliphatic carbocycles. The fourth-order valence-electron chi connectivity index (χ4n) is 1.58. The van der Waals surface area contributed by atoms with Crippen molar-refractivity contribution in [3.8, 4) is 0 Å². The van der Waals surface area contributed by atoms with Gasteiger partial charge in [-0.3, -0.25) is 4.68 Å². The number of aliphatic hydroxyl groups is 1. The maximum absolute atomic E-state index is 9.80. The van der Waals surface area contributed by atoms with E-state index in [9.17, 15) is 5.11 Å². The first-order chi connectivity index (χ1) is 5.68. The van der Waals surface area contributed by atoms with Gasteiger partial charge in [-0.05, 0) is 19.3 Å². The second-order valence-corrected chi connectivity index (χ2v) is 3.64. The smallest absolute Gasteiger partial charge is 0.0855 e. The van der Waals surface area contributed by atoms with Crippen LogP contribution in [0.3, 0.4) is 0 Å². The summed E-state index contributed by atoms with van der Waals surface area (Å²) in [5, 5.41) is 17.5. The van der Waals surface area contributed by atoms with E-state index in [2.05, 4.69) is 10.3 Å². The molecule has 2 rings (SSSR count). The number of aryl methyl sites for hydroxylation is 1. The molecule has 1 aromatic rings. The van der Waals surface area contributed by atoms with Gasteiger partial charge >= 0.3 is 0 Å². The molecule has 0 aliphatic heterocycles. The maximum atomic E-state index is 9.80. The Bertz CT molecular complexity index is 278. The van der Waals surface area contributed by atoms with Gasteiger partial charge in [0.1, 0.15) is 0 Å². The van der Waals surface area contributed by atoms with Crippen molar-refractivity contribution in [2.75, 3.05) is 0 Å². The number of nitrogens with zero attached hydrogens (tertiary/aromatic N) is 3. The minimum atomic E-state index is -0.476. The predicted molar refractivity (Wildman–Crippen MR) is 43.5 cm³/mol. The zero-order valence-electron chi connectivity index (χ0n) is 7.19. The molecule has 4 nitrogen and oxygen atoms in total. The summed E-state index contributed by atoms with van der Waals surface area (Å²) in [6.45, 7) is 0. The van der Waals surface area contributed by atoms with Crippen molar-refractivity contribution in [1.29, 1.82) is 0 Å². The molecule has 0 atom stereocenters. The molecule has 1 aliphatic rings. The molecule has 1 N–H and O–H groups in total. The predicted octanol–water partition coefficient (Wildman–Crippen LogP) is 0.273. The molecule has 1 heterocycles. The quantitative estimate of drug-likeness (QED) is 0.688. The highest BCUT2D eigenvalue weighted by atomic mass is 16.3. The van der Waals surface area contributed by atoms with E-state index in [0.717, 1.165) is 25.0 Å². The molecule has 0 spiro atoms. The Balaban J connectivity index is 2.03. The molecular weight excluding hydrogens is 154 g/mol. The van der Waals surface area contributed by atoms with Crippen molar-refractivity contribution in [3.05, 3.63) is 11.9 Å². The van der Waals surface area contributed by atoms with Gasteiger partial charge in [0.25, 0.3) is 0 Å². The standard InChI is InChI=1S/C8H13N3O/c1-11-6-7(9-10-11)5-8(12)3-2-4-8/h6,12H,2-5H2,1H3. The van der Waals surface area contributed by atoms with Gasteiger partial charge in [-0.15, -0.1) is 5.10 Å². The lowest BCUT2D eigenvalue weighted by Gasteiger charge is -2.35. The zero-order valence-corrected chi connectivity index (χ0v) is 7.19. The summed E-state index contributed by atoms with van der Waals surface area (Å²) in [6, 6.07) is 0. The summed E-state index contributed by atoms with van der Waals surface area (Å²) in [7, 11) is 1.83. The Morgan fingerprint density at radius 3 is 2.83 bits per heavy atom. The number of hydrogen-bond donors (Lipinski definition) is 1. The molecule has 0 unspecified atom stereocenters. The summed E-state index contributed by atoms with van der Waals surface area (Å²) in [5.74, 6) is 0. The van der Waals surface area contributed by atoms with Crippen molar-refractivity contribution in [2.45, 2.75) is 31.3 Å². The molecule has 66 valence electrons. The molecule has 0 aromatic carbocycles. The molecule has 1 aromatic heterocycles. The van der Waals surface area contributed by atoms with Crippen LogP contribution in [-0.2, 0) is 13.5 Å². The Morgan fingerprint density at radius 2 is 2.42 bits per heavy atom. The van der Waals surface area contributed by atoms with Crippen LogP contribution in [-0.4, -0.2) is 25.7 Å². The maximum Gasteiger partial charge on any atom is 0.0855 e. The second-order valence-electron chi connectivity index (χ2n) is 3.64. The highest BCUT2D eigenvalue weighted by molar-refractivity contribution is 5.02. The summed E-state index contributed by atoms with van der Waals surface area (Å²) >= 11 is 0. The fraction of sp³-hybridized carbons (Fsp3) is 0.750. The van der Waals surface area contributed by atoms with Crippen LogP contribution in [0.5, 0.6) is 0 Å². The molecule has 0 saturated heterocycles. The van der Waals surface area contributed by atoms with Gasteiger partial charge in [0.15, 0.2) is 0 Å². The minimum Gasteiger partial charge on any atom is -0.389 e. The van der Waals surface area contributed by atoms with E-state index in [-0.39, 0.29) is 0 Å². The van der Waals surface area contributed by atoms with E-state index in [1.54, 1.807) is 4.68 Å². The molecule has 12 heavy (non-hydrogen) atoms. The van der Waals surface area contributed by atoms with Crippen LogP contribution in [0, 0.1) is 0 Å². The van der Waals surface area contributed by atoms with Gasteiger partial charge in [-0.25, -0.2) is 0 Å². The average Bonchev–Trinajstić information content (AvgIpc) is 2.32. The monoisotopic (exact) mass is 167 g/mol. The van der Waals surface area contributed by atoms with E-state index in [4.69, 9.17) is 0 Å². The Hall–Kier alpha value is -0.900. The van der Waals surface area contributed by atoms with E-state index >= 15 is 0 Å². The Labute approximate surface area is 71.2 Å². The summed E-state index contributed by atoms with van der Waals surface area (Å²) < 4.78 is 1.66. The van der Waals surface area contributed by atoms with E-state index in [1.807, 2.05) is 13.2 Å². The SMILES string of the molecule is Cn1cc(CC2(O)CCC2)nn1. The molecule has 0 radical (unpaired) electrons. The largest absolute Gasteiger partial charge is 0.389 e. The Kier molecular flexibility index (Phi) is 1.65. The molecular formula is C8H13N3O. The van der Waals surface area contributed by atoms with Crippen LogP contribution < -0.4 is 0 Å². The van der Waals surface area contributed by atoms with Crippen molar-refractivity contribution < 1.29 is 5.11 Å². The molecule has 0 amide bonds. The van der Waals surface area contributed by atoms with Gasteiger partial charge in [0.05, 0.1) is 11.3 Å².